The minimum Gasteiger partial charge on any atom is -0.449 e. The van der Waals surface area contributed by atoms with Crippen molar-refractivity contribution < 1.29 is 9.53 Å². The van der Waals surface area contributed by atoms with Crippen LogP contribution in [0.2, 0.25) is 0 Å². The third kappa shape index (κ3) is 5.72. The number of carbonyl (C=O) groups excluding carboxylic acids is 1. The van der Waals surface area contributed by atoms with E-state index in [9.17, 15) is 4.79 Å². The highest BCUT2D eigenvalue weighted by molar-refractivity contribution is 5.79. The molecule has 5 nitrogen and oxygen atoms in total. The molecular formula is C14H19N3O2. The van der Waals surface area contributed by atoms with E-state index in [4.69, 9.17) is 0 Å². The van der Waals surface area contributed by atoms with Crippen LogP contribution in [0.3, 0.4) is 0 Å². The Bertz CT molecular complexity index is 450. The molecule has 0 atom stereocenters. The predicted molar refractivity (Wildman–Crippen MR) is 78.5 cm³/mol. The van der Waals surface area contributed by atoms with Gasteiger partial charge < -0.3 is 9.64 Å². The van der Waals surface area contributed by atoms with Crippen molar-refractivity contribution in [2.45, 2.75) is 6.92 Å². The van der Waals surface area contributed by atoms with E-state index < -0.39 is 6.09 Å². The molecule has 0 heterocycles. The first kappa shape index (κ1) is 14.8. The van der Waals surface area contributed by atoms with E-state index in [1.807, 2.05) is 49.3 Å². The van der Waals surface area contributed by atoms with E-state index in [2.05, 4.69) is 15.3 Å². The fraction of sp³-hybridized carbons (Fsp3) is 0.286. The highest BCUT2D eigenvalue weighted by atomic mass is 16.5. The van der Waals surface area contributed by atoms with Crippen LogP contribution < -0.4 is 10.3 Å². The number of hydrazone groups is 1. The molecule has 1 aromatic carbocycles. The summed E-state index contributed by atoms with van der Waals surface area (Å²) in [4.78, 5) is 12.9. The number of nitrogens with zero attached hydrogens (tertiary/aromatic N) is 2. The molecule has 1 rings (SSSR count). The van der Waals surface area contributed by atoms with Crippen molar-refractivity contribution in [2.24, 2.45) is 5.10 Å². The van der Waals surface area contributed by atoms with Gasteiger partial charge in [-0.15, -0.1) is 0 Å². The van der Waals surface area contributed by atoms with Crippen LogP contribution in [-0.4, -0.2) is 33.0 Å². The molecule has 5 heteroatoms. The molecule has 0 spiro atoms. The summed E-state index contributed by atoms with van der Waals surface area (Å²) in [5.74, 6) is 0. The van der Waals surface area contributed by atoms with Crippen LogP contribution in [0.1, 0.15) is 12.5 Å². The molecule has 0 aliphatic rings. The smallest absolute Gasteiger partial charge is 0.427 e. The standard InChI is InChI=1S/C14H19N3O2/c1-4-19-14(18)16-15-11-5-6-12-7-9-13(10-8-12)17(2)3/h5-11H,4H2,1-3H3,(H,16,18)/b6-5-,15-11+. The maximum atomic E-state index is 10.9. The molecule has 1 N–H and O–H groups in total. The molecule has 1 aromatic rings. The van der Waals surface area contributed by atoms with Gasteiger partial charge in [0.25, 0.3) is 0 Å². The van der Waals surface area contributed by atoms with Crippen LogP contribution in [0.5, 0.6) is 0 Å². The number of rotatable bonds is 5. The van der Waals surface area contributed by atoms with Crippen LogP contribution >= 0.6 is 0 Å². The van der Waals surface area contributed by atoms with Crippen LogP contribution in [0.4, 0.5) is 10.5 Å². The molecule has 0 saturated heterocycles. The number of amides is 1. The average molecular weight is 261 g/mol. The topological polar surface area (TPSA) is 53.9 Å². The highest BCUT2D eigenvalue weighted by Crippen LogP contribution is 2.12. The van der Waals surface area contributed by atoms with Gasteiger partial charge in [-0.2, -0.15) is 5.10 Å². The second kappa shape index (κ2) is 7.92. The monoisotopic (exact) mass is 261 g/mol. The minimum absolute atomic E-state index is 0.329. The second-order valence-corrected chi connectivity index (χ2v) is 3.96. The van der Waals surface area contributed by atoms with Gasteiger partial charge >= 0.3 is 6.09 Å². The minimum atomic E-state index is -0.553. The molecule has 0 aliphatic carbocycles. The molecule has 0 bridgehead atoms. The fourth-order valence-electron chi connectivity index (χ4n) is 1.33. The molecule has 0 aromatic heterocycles. The van der Waals surface area contributed by atoms with Crippen LogP contribution in [0, 0.1) is 0 Å². The Balaban J connectivity index is 2.44. The highest BCUT2D eigenvalue weighted by Gasteiger charge is 1.94. The molecule has 102 valence electrons. The SMILES string of the molecule is CCOC(=O)N/N=C/C=C\c1ccc(N(C)C)cc1. The predicted octanol–water partition coefficient (Wildman–Crippen LogP) is 2.50. The third-order valence-electron chi connectivity index (χ3n) is 2.29. The van der Waals surface area contributed by atoms with Crippen LogP contribution in [-0.2, 0) is 4.74 Å². The zero-order valence-electron chi connectivity index (χ0n) is 11.5. The van der Waals surface area contributed by atoms with Gasteiger partial charge in [0.2, 0.25) is 0 Å². The summed E-state index contributed by atoms with van der Waals surface area (Å²) in [6.45, 7) is 2.07. The van der Waals surface area contributed by atoms with Crippen molar-refractivity contribution in [3.8, 4) is 0 Å². The van der Waals surface area contributed by atoms with Gasteiger partial charge in [0.15, 0.2) is 0 Å². The molecule has 0 aliphatic heterocycles. The number of carbonyl (C=O) groups is 1. The lowest BCUT2D eigenvalue weighted by Crippen LogP contribution is -2.18. The van der Waals surface area contributed by atoms with Crippen LogP contribution in [0.15, 0.2) is 35.4 Å². The number of nitrogens with one attached hydrogen (secondary N) is 1. The zero-order valence-corrected chi connectivity index (χ0v) is 11.5. The second-order valence-electron chi connectivity index (χ2n) is 3.96. The first-order valence-electron chi connectivity index (χ1n) is 6.03. The van der Waals surface area contributed by atoms with Gasteiger partial charge in [-0.05, 0) is 30.7 Å². The summed E-state index contributed by atoms with van der Waals surface area (Å²) in [5, 5.41) is 3.71. The summed E-state index contributed by atoms with van der Waals surface area (Å²) >= 11 is 0. The first-order valence-corrected chi connectivity index (χ1v) is 6.03. The zero-order chi connectivity index (χ0) is 14.1. The fourth-order valence-corrected chi connectivity index (χ4v) is 1.33. The maximum absolute atomic E-state index is 10.9. The summed E-state index contributed by atoms with van der Waals surface area (Å²) in [6, 6.07) is 8.10. The van der Waals surface area contributed by atoms with Crippen molar-refractivity contribution in [3.63, 3.8) is 0 Å². The number of ether oxygens (including phenoxy) is 1. The Morgan fingerprint density at radius 2 is 2.05 bits per heavy atom. The Morgan fingerprint density at radius 1 is 1.37 bits per heavy atom. The van der Waals surface area contributed by atoms with Crippen molar-refractivity contribution in [1.29, 1.82) is 0 Å². The maximum Gasteiger partial charge on any atom is 0.427 e. The molecule has 19 heavy (non-hydrogen) atoms. The Morgan fingerprint density at radius 3 is 2.63 bits per heavy atom. The number of allylic oxidation sites excluding steroid dienone is 1. The Hall–Kier alpha value is -2.30. The van der Waals surface area contributed by atoms with Gasteiger partial charge in [0.05, 0.1) is 6.61 Å². The van der Waals surface area contributed by atoms with Crippen molar-refractivity contribution in [3.05, 3.63) is 35.9 Å². The first-order chi connectivity index (χ1) is 9.13. The van der Waals surface area contributed by atoms with Gasteiger partial charge in [0, 0.05) is 26.0 Å². The van der Waals surface area contributed by atoms with Gasteiger partial charge in [0.1, 0.15) is 0 Å². The Kier molecular flexibility index (Phi) is 6.15. The van der Waals surface area contributed by atoms with Crippen molar-refractivity contribution >= 4 is 24.1 Å². The van der Waals surface area contributed by atoms with E-state index in [1.165, 1.54) is 6.21 Å². The van der Waals surface area contributed by atoms with Gasteiger partial charge in [-0.3, -0.25) is 0 Å². The summed E-state index contributed by atoms with van der Waals surface area (Å²) in [5.41, 5.74) is 4.46. The Labute approximate surface area is 113 Å². The molecule has 1 amide bonds. The van der Waals surface area contributed by atoms with E-state index in [0.29, 0.717) is 6.61 Å². The quantitative estimate of drug-likeness (QED) is 0.654. The van der Waals surface area contributed by atoms with Crippen molar-refractivity contribution in [1.82, 2.24) is 5.43 Å². The summed E-state index contributed by atoms with van der Waals surface area (Å²) in [6.07, 6.45) is 4.59. The van der Waals surface area contributed by atoms with Gasteiger partial charge in [-0.25, -0.2) is 10.2 Å². The summed E-state index contributed by atoms with van der Waals surface area (Å²) in [7, 11) is 4.00. The lowest BCUT2D eigenvalue weighted by atomic mass is 10.2. The summed E-state index contributed by atoms with van der Waals surface area (Å²) < 4.78 is 4.65. The lowest BCUT2D eigenvalue weighted by molar-refractivity contribution is 0.152. The van der Waals surface area contributed by atoms with Crippen LogP contribution in [0.25, 0.3) is 6.08 Å². The number of hydrogen-bond acceptors (Lipinski definition) is 4. The largest absolute Gasteiger partial charge is 0.449 e. The molecule has 0 saturated carbocycles. The van der Waals surface area contributed by atoms with E-state index in [1.54, 1.807) is 13.0 Å². The van der Waals surface area contributed by atoms with Gasteiger partial charge in [-0.1, -0.05) is 18.2 Å². The number of hydrogen-bond donors (Lipinski definition) is 1. The molecule has 0 unspecified atom stereocenters. The third-order valence-corrected chi connectivity index (χ3v) is 2.29. The molecular weight excluding hydrogens is 242 g/mol. The van der Waals surface area contributed by atoms with Crippen molar-refractivity contribution in [2.75, 3.05) is 25.6 Å². The molecule has 0 fully saturated rings. The number of benzene rings is 1. The number of anilines is 1. The van der Waals surface area contributed by atoms with E-state index in [0.717, 1.165) is 11.3 Å². The van der Waals surface area contributed by atoms with E-state index in [-0.39, 0.29) is 0 Å². The average Bonchev–Trinajstić information content (AvgIpc) is 2.39. The molecule has 0 radical (unpaired) electrons. The lowest BCUT2D eigenvalue weighted by Gasteiger charge is -2.11. The van der Waals surface area contributed by atoms with E-state index >= 15 is 0 Å². The normalized spacial score (nSPS) is 10.9.